The van der Waals surface area contributed by atoms with E-state index in [4.69, 9.17) is 64.0 Å². The van der Waals surface area contributed by atoms with Gasteiger partial charge in [-0.1, -0.05) is 70.0 Å². The van der Waals surface area contributed by atoms with Crippen LogP contribution >= 0.6 is 50.7 Å². The number of aliphatic hydroxyl groups excluding tert-OH is 1. The number of nitrogens with one attached hydrogen (secondary N) is 4. The van der Waals surface area contributed by atoms with Gasteiger partial charge in [0.05, 0.1) is 57.9 Å². The van der Waals surface area contributed by atoms with Gasteiger partial charge in [-0.2, -0.15) is 0 Å². The molecule has 30 heteroatoms. The molecule has 3 aliphatic rings. The summed E-state index contributed by atoms with van der Waals surface area (Å²) in [6, 6.07) is 0.913. The molecule has 3 unspecified atom stereocenters. The number of anilines is 3. The fourth-order valence-electron chi connectivity index (χ4n) is 9.57. The third-order valence-electron chi connectivity index (χ3n) is 13.4. The highest BCUT2D eigenvalue weighted by molar-refractivity contribution is 9.09. The number of rotatable bonds is 25. The molecule has 3 atom stereocenters. The molecule has 6 rings (SSSR count). The zero-order chi connectivity index (χ0) is 64.7. The molecule has 3 aliphatic heterocycles. The lowest BCUT2D eigenvalue weighted by Gasteiger charge is -2.35. The van der Waals surface area contributed by atoms with E-state index in [-0.39, 0.29) is 143 Å². The van der Waals surface area contributed by atoms with Gasteiger partial charge in [0.2, 0.25) is 0 Å². The summed E-state index contributed by atoms with van der Waals surface area (Å²) in [7, 11) is 0. The van der Waals surface area contributed by atoms with Crippen LogP contribution in [-0.2, 0) is 62.6 Å². The van der Waals surface area contributed by atoms with Gasteiger partial charge in [0.25, 0.3) is 16.7 Å². The molecule has 0 bridgehead atoms. The second-order valence-electron chi connectivity index (χ2n) is 22.8. The second-order valence-corrected chi connectivity index (χ2v) is 24.5. The van der Waals surface area contributed by atoms with E-state index in [9.17, 15) is 38.4 Å². The Hall–Kier alpha value is -5.42. The van der Waals surface area contributed by atoms with Crippen molar-refractivity contribution >= 4 is 98.0 Å². The lowest BCUT2D eigenvalue weighted by atomic mass is 9.99. The molecule has 3 aromatic heterocycles. The SMILES string of the molecule is CC(=O)OCCn1c(Cl)cnc(NCCC2CCCCN2)c1=O.CC(=O)OCCn1c(Cl)cnc(NCCC2CCCCN2CC(=O)OC(C)(C)C)c1=O.CC(C)(C)OC(=O)CBr.O=C(O)CN1CCCCC1CCNc1ncc(Cl)n(CCO)c1=O. The second kappa shape index (κ2) is 39.6. The first kappa shape index (κ1) is 75.8. The first-order chi connectivity index (χ1) is 41.1. The molecule has 0 radical (unpaired) electrons. The van der Waals surface area contributed by atoms with Crippen molar-refractivity contribution in [2.75, 3.05) is 93.5 Å². The third-order valence-corrected chi connectivity index (χ3v) is 14.8. The Bertz CT molecular complexity index is 2830. The summed E-state index contributed by atoms with van der Waals surface area (Å²) in [6.07, 6.45) is 16.5. The first-order valence-electron chi connectivity index (χ1n) is 29.4. The van der Waals surface area contributed by atoms with E-state index in [0.717, 1.165) is 77.4 Å². The largest absolute Gasteiger partial charge is 0.480 e. The zero-order valence-electron chi connectivity index (χ0n) is 51.4. The van der Waals surface area contributed by atoms with Crippen LogP contribution in [0.1, 0.15) is 132 Å². The molecule has 3 aromatic rings. The quantitative estimate of drug-likeness (QED) is 0.0312. The summed E-state index contributed by atoms with van der Waals surface area (Å²) in [5, 5.41) is 31.5. The molecular weight excluding hydrogens is 1260 g/mol. The fourth-order valence-corrected chi connectivity index (χ4v) is 10.3. The molecule has 3 fully saturated rings. The number of hydrogen-bond acceptors (Lipinski definition) is 22. The number of aliphatic carboxylic acids is 1. The number of aliphatic hydroxyl groups is 1. The zero-order valence-corrected chi connectivity index (χ0v) is 55.3. The van der Waals surface area contributed by atoms with Crippen molar-refractivity contribution in [3.8, 4) is 0 Å². The molecule has 3 saturated heterocycles. The minimum atomic E-state index is -0.818. The first-order valence-corrected chi connectivity index (χ1v) is 31.7. The Morgan fingerprint density at radius 3 is 1.38 bits per heavy atom. The smallest absolute Gasteiger partial charge is 0.320 e. The summed E-state index contributed by atoms with van der Waals surface area (Å²) in [4.78, 5) is 109. The number of carboxylic acids is 1. The normalized spacial score (nSPS) is 17.1. The van der Waals surface area contributed by atoms with Gasteiger partial charge >= 0.3 is 29.8 Å². The maximum Gasteiger partial charge on any atom is 0.320 e. The highest BCUT2D eigenvalue weighted by Crippen LogP contribution is 2.22. The number of alkyl halides is 1. The van der Waals surface area contributed by atoms with Crippen LogP contribution in [0.4, 0.5) is 17.5 Å². The molecule has 26 nitrogen and oxygen atoms in total. The molecule has 87 heavy (non-hydrogen) atoms. The summed E-state index contributed by atoms with van der Waals surface area (Å²) in [5.74, 6) is -1.41. The van der Waals surface area contributed by atoms with Gasteiger partial charge in [0.1, 0.15) is 45.2 Å². The van der Waals surface area contributed by atoms with Gasteiger partial charge in [-0.15, -0.1) is 0 Å². The number of carboxylic acid groups (broad SMARTS) is 1. The van der Waals surface area contributed by atoms with Gasteiger partial charge < -0.3 is 50.4 Å². The number of likely N-dealkylation sites (tertiary alicyclic amines) is 2. The van der Waals surface area contributed by atoms with Gasteiger partial charge in [-0.25, -0.2) is 15.0 Å². The predicted molar refractivity (Wildman–Crippen MR) is 337 cm³/mol. The number of ether oxygens (including phenoxy) is 4. The van der Waals surface area contributed by atoms with E-state index in [1.54, 1.807) is 0 Å². The number of aromatic nitrogens is 6. The monoisotopic (exact) mass is 1350 g/mol. The van der Waals surface area contributed by atoms with Crippen molar-refractivity contribution in [3.05, 3.63) is 65.1 Å². The number of halogens is 4. The van der Waals surface area contributed by atoms with E-state index in [0.29, 0.717) is 25.7 Å². The number of carbonyl (C=O) groups is 5. The average Bonchev–Trinajstić information content (AvgIpc) is 3.09. The van der Waals surface area contributed by atoms with Crippen LogP contribution in [0.3, 0.4) is 0 Å². The summed E-state index contributed by atoms with van der Waals surface area (Å²) in [6.45, 7) is 18.9. The van der Waals surface area contributed by atoms with Crippen LogP contribution in [0.2, 0.25) is 15.5 Å². The molecule has 0 aromatic carbocycles. The summed E-state index contributed by atoms with van der Waals surface area (Å²) in [5.41, 5.74) is -1.90. The third kappa shape index (κ3) is 30.1. The lowest BCUT2D eigenvalue weighted by Crippen LogP contribution is -2.45. The molecule has 0 saturated carbocycles. The lowest BCUT2D eigenvalue weighted by molar-refractivity contribution is -0.157. The number of nitrogens with zero attached hydrogens (tertiary/aromatic N) is 8. The topological polar surface area (TPSA) is 322 Å². The molecule has 0 aliphatic carbocycles. The molecule has 0 spiro atoms. The molecule has 6 N–H and O–H groups in total. The highest BCUT2D eigenvalue weighted by Gasteiger charge is 2.28. The van der Waals surface area contributed by atoms with Crippen LogP contribution in [0.15, 0.2) is 33.0 Å². The van der Waals surface area contributed by atoms with E-state index >= 15 is 0 Å². The maximum atomic E-state index is 12.6. The number of carbonyl (C=O) groups excluding carboxylic acids is 4. The van der Waals surface area contributed by atoms with Crippen LogP contribution < -0.4 is 37.9 Å². The van der Waals surface area contributed by atoms with E-state index in [1.807, 2.05) is 46.4 Å². The van der Waals surface area contributed by atoms with Crippen molar-refractivity contribution in [2.45, 2.75) is 181 Å². The summed E-state index contributed by atoms with van der Waals surface area (Å²) >= 11 is 21.0. The van der Waals surface area contributed by atoms with Crippen molar-refractivity contribution in [3.63, 3.8) is 0 Å². The molecule has 6 heterocycles. The Labute approximate surface area is 532 Å². The predicted octanol–water partition coefficient (Wildman–Crippen LogP) is 6.22. The Kier molecular flexibility index (Phi) is 34.5. The Balaban J connectivity index is 0.000000322. The standard InChI is InChI=1S/C21H33ClN4O5.C15H23ClN4O4.C15H23ClN4O3.C6H11BrO2/c1-15(27)30-12-11-26-17(22)13-24-19(20(26)29)23-9-8-16-7-5-6-10-25(16)14-18(28)31-21(2,3)4;16-12-9-18-14(15(24)20(12)7-8-21)17-5-4-11-3-1-2-6-19(11)10-13(22)23;1-11(21)23-9-8-20-13(16)10-19-14(15(20)22)18-7-5-12-4-2-3-6-17-12;1-6(2,3)9-5(8)4-7/h13,16H,5-12,14H2,1-4H3,(H,23,24);9,11,21H,1-8,10H2,(H,17,18)(H,22,23);10,12,17H,2-9H2,1H3,(H,18,19);4H2,1-3H3. The van der Waals surface area contributed by atoms with Gasteiger partial charge in [0.15, 0.2) is 17.5 Å². The maximum absolute atomic E-state index is 12.6. The number of piperidine rings is 3. The van der Waals surface area contributed by atoms with Gasteiger partial charge in [-0.3, -0.25) is 61.9 Å². The minimum absolute atomic E-state index is 0.0488. The van der Waals surface area contributed by atoms with Gasteiger partial charge in [0, 0.05) is 51.6 Å². The van der Waals surface area contributed by atoms with Crippen molar-refractivity contribution in [1.82, 2.24) is 43.8 Å². The highest BCUT2D eigenvalue weighted by atomic mass is 79.9. The average molecular weight is 1350 g/mol. The van der Waals surface area contributed by atoms with Crippen molar-refractivity contribution in [1.29, 1.82) is 0 Å². The molecular formula is C57H90BrCl3N12O14. The fraction of sp³-hybridized carbons (Fsp3) is 0.702. The Morgan fingerprint density at radius 2 is 1.01 bits per heavy atom. The van der Waals surface area contributed by atoms with Crippen LogP contribution in [0, 0.1) is 0 Å². The number of hydrogen-bond donors (Lipinski definition) is 6. The van der Waals surface area contributed by atoms with Gasteiger partial charge in [-0.05, 0) is 119 Å². The van der Waals surface area contributed by atoms with Crippen LogP contribution in [0.25, 0.3) is 0 Å². The van der Waals surface area contributed by atoms with E-state index in [2.05, 4.69) is 57.0 Å². The summed E-state index contributed by atoms with van der Waals surface area (Å²) < 4.78 is 24.0. The van der Waals surface area contributed by atoms with Crippen LogP contribution in [-0.4, -0.2) is 185 Å². The van der Waals surface area contributed by atoms with E-state index < -0.39 is 17.5 Å². The van der Waals surface area contributed by atoms with Crippen LogP contribution in [0.5, 0.6) is 0 Å². The Morgan fingerprint density at radius 1 is 0.609 bits per heavy atom. The minimum Gasteiger partial charge on any atom is -0.480 e. The molecule has 0 amide bonds. The van der Waals surface area contributed by atoms with E-state index in [1.165, 1.54) is 65.4 Å². The van der Waals surface area contributed by atoms with Crippen molar-refractivity contribution < 1.29 is 53.1 Å². The van der Waals surface area contributed by atoms with Crippen molar-refractivity contribution in [2.24, 2.45) is 0 Å². The number of esters is 4. The molecule has 490 valence electrons.